The zero-order chi connectivity index (χ0) is 25.7. The summed E-state index contributed by atoms with van der Waals surface area (Å²) in [4.78, 5) is 46.8. The number of benzene rings is 2. The summed E-state index contributed by atoms with van der Waals surface area (Å²) in [5.74, 6) is -0.572. The second-order valence-corrected chi connectivity index (χ2v) is 9.16. The fraction of sp³-hybridized carbons (Fsp3) is 0.222. The molecule has 1 aliphatic heterocycles. The van der Waals surface area contributed by atoms with E-state index in [4.69, 9.17) is 4.74 Å². The Morgan fingerprint density at radius 2 is 1.86 bits per heavy atom. The summed E-state index contributed by atoms with van der Waals surface area (Å²) in [6.07, 6.45) is -0.111. The number of carbonyl (C=O) groups excluding carboxylic acids is 3. The van der Waals surface area contributed by atoms with Crippen LogP contribution in [-0.2, 0) is 20.9 Å². The number of methoxy groups -OCH3 is 1. The summed E-state index contributed by atoms with van der Waals surface area (Å²) >= 11 is 1.15. The third kappa shape index (κ3) is 5.39. The van der Waals surface area contributed by atoms with Crippen LogP contribution in [0.3, 0.4) is 0 Å². The fourth-order valence-electron chi connectivity index (χ4n) is 3.96. The molecule has 1 saturated heterocycles. The van der Waals surface area contributed by atoms with E-state index in [0.29, 0.717) is 22.0 Å². The molecule has 0 bridgehead atoms. The number of nitriles is 1. The number of ether oxygens (including phenoxy) is 1. The minimum atomic E-state index is -0.936. The van der Waals surface area contributed by atoms with E-state index < -0.39 is 11.9 Å². The van der Waals surface area contributed by atoms with E-state index in [9.17, 15) is 19.6 Å². The first-order valence-corrected chi connectivity index (χ1v) is 12.2. The molecule has 0 aliphatic carbocycles. The number of imide groups is 1. The van der Waals surface area contributed by atoms with Crippen molar-refractivity contribution in [3.8, 4) is 11.8 Å². The van der Waals surface area contributed by atoms with Crippen LogP contribution in [0.2, 0.25) is 0 Å². The largest absolute Gasteiger partial charge is 0.497 e. The molecule has 0 N–H and O–H groups in total. The molecule has 9 heteroatoms. The first-order chi connectivity index (χ1) is 17.4. The third-order valence-electron chi connectivity index (χ3n) is 5.80. The number of pyridine rings is 1. The molecule has 0 saturated carbocycles. The Labute approximate surface area is 213 Å². The van der Waals surface area contributed by atoms with Crippen LogP contribution in [0.5, 0.6) is 5.75 Å². The van der Waals surface area contributed by atoms with E-state index in [-0.39, 0.29) is 30.5 Å². The number of nitrogens with zero attached hydrogens (tertiary/aromatic N) is 4. The molecule has 4 rings (SSSR count). The van der Waals surface area contributed by atoms with Gasteiger partial charge in [-0.15, -0.1) is 0 Å². The normalized spacial score (nSPS) is 15.0. The first kappa shape index (κ1) is 24.9. The molecule has 2 heterocycles. The van der Waals surface area contributed by atoms with Crippen molar-refractivity contribution in [1.82, 2.24) is 9.88 Å². The summed E-state index contributed by atoms with van der Waals surface area (Å²) in [5.41, 5.74) is 2.38. The quantitative estimate of drug-likeness (QED) is 0.343. The van der Waals surface area contributed by atoms with Gasteiger partial charge < -0.3 is 9.64 Å². The maximum absolute atomic E-state index is 13.5. The second-order valence-electron chi connectivity index (χ2n) is 8.20. The smallest absolute Gasteiger partial charge is 0.257 e. The minimum Gasteiger partial charge on any atom is -0.497 e. The minimum absolute atomic E-state index is 0.0293. The third-order valence-corrected chi connectivity index (χ3v) is 6.77. The molecule has 1 fully saturated rings. The molecule has 0 radical (unpaired) electrons. The Hall–Kier alpha value is -4.16. The Balaban J connectivity index is 1.59. The van der Waals surface area contributed by atoms with Gasteiger partial charge in [0, 0.05) is 12.2 Å². The van der Waals surface area contributed by atoms with Crippen LogP contribution in [0.15, 0.2) is 71.8 Å². The van der Waals surface area contributed by atoms with Gasteiger partial charge in [0.15, 0.2) is 0 Å². The van der Waals surface area contributed by atoms with Gasteiger partial charge >= 0.3 is 0 Å². The molecule has 1 atom stereocenters. The van der Waals surface area contributed by atoms with Crippen LogP contribution >= 0.6 is 11.8 Å². The summed E-state index contributed by atoms with van der Waals surface area (Å²) in [5, 5.41) is 9.85. The lowest BCUT2D eigenvalue weighted by Crippen LogP contribution is -2.45. The van der Waals surface area contributed by atoms with Crippen LogP contribution in [0, 0.1) is 18.3 Å². The van der Waals surface area contributed by atoms with Crippen LogP contribution in [0.25, 0.3) is 0 Å². The number of carbonyl (C=O) groups is 3. The van der Waals surface area contributed by atoms with Crippen LogP contribution in [-0.4, -0.2) is 46.5 Å². The van der Waals surface area contributed by atoms with Crippen molar-refractivity contribution in [2.45, 2.75) is 31.0 Å². The Morgan fingerprint density at radius 3 is 2.53 bits per heavy atom. The van der Waals surface area contributed by atoms with Crippen molar-refractivity contribution in [3.63, 3.8) is 0 Å². The average molecular weight is 501 g/mol. The summed E-state index contributed by atoms with van der Waals surface area (Å²) in [6, 6.07) is 20.5. The average Bonchev–Trinajstić information content (AvgIpc) is 3.19. The lowest BCUT2D eigenvalue weighted by Gasteiger charge is -2.28. The molecule has 2 aromatic carbocycles. The van der Waals surface area contributed by atoms with E-state index in [1.807, 2.05) is 37.3 Å². The number of amides is 3. The molecule has 8 nitrogen and oxygen atoms in total. The van der Waals surface area contributed by atoms with Crippen molar-refractivity contribution in [2.75, 3.05) is 17.8 Å². The molecule has 3 aromatic rings. The van der Waals surface area contributed by atoms with Gasteiger partial charge in [0.1, 0.15) is 22.9 Å². The highest BCUT2D eigenvalue weighted by atomic mass is 32.2. The zero-order valence-corrected chi connectivity index (χ0v) is 20.7. The van der Waals surface area contributed by atoms with E-state index in [1.165, 1.54) is 12.0 Å². The number of thioether (sulfide) groups is 1. The Bertz CT molecular complexity index is 1320. The second kappa shape index (κ2) is 11.1. The molecule has 3 amide bonds. The maximum Gasteiger partial charge on any atom is 0.257 e. The molecule has 1 aromatic heterocycles. The first-order valence-electron chi connectivity index (χ1n) is 11.3. The topological polar surface area (TPSA) is 104 Å². The van der Waals surface area contributed by atoms with E-state index >= 15 is 0 Å². The number of anilines is 1. The van der Waals surface area contributed by atoms with Crippen molar-refractivity contribution < 1.29 is 19.1 Å². The highest BCUT2D eigenvalue weighted by molar-refractivity contribution is 8.00. The van der Waals surface area contributed by atoms with Crippen LogP contribution < -0.4 is 9.64 Å². The lowest BCUT2D eigenvalue weighted by atomic mass is 10.1. The van der Waals surface area contributed by atoms with Crippen LogP contribution in [0.4, 0.5) is 5.69 Å². The maximum atomic E-state index is 13.5. The summed E-state index contributed by atoms with van der Waals surface area (Å²) < 4.78 is 5.16. The number of hydrogen-bond donors (Lipinski definition) is 0. The highest BCUT2D eigenvalue weighted by Crippen LogP contribution is 2.29. The van der Waals surface area contributed by atoms with Gasteiger partial charge in [-0.3, -0.25) is 14.4 Å². The van der Waals surface area contributed by atoms with Gasteiger partial charge in [-0.2, -0.15) is 5.26 Å². The standard InChI is InChI=1S/C27H24N4O4S/c1-18-8-9-20(15-28)26(29-18)36-17-25(33)30(16-19-6-4-3-5-7-19)23-14-24(32)31(27(23)34)21-10-12-22(35-2)13-11-21/h3-13,23H,14,16-17H2,1-2H3. The highest BCUT2D eigenvalue weighted by Gasteiger charge is 2.44. The monoisotopic (exact) mass is 500 g/mol. The van der Waals surface area contributed by atoms with Gasteiger partial charge in [0.05, 0.1) is 30.5 Å². The Morgan fingerprint density at radius 1 is 1.14 bits per heavy atom. The molecule has 1 aliphatic rings. The fourth-order valence-corrected chi connectivity index (χ4v) is 4.86. The lowest BCUT2D eigenvalue weighted by molar-refractivity contribution is -0.136. The summed E-state index contributed by atoms with van der Waals surface area (Å²) in [6.45, 7) is 1.98. The van der Waals surface area contributed by atoms with Gasteiger partial charge in [-0.05, 0) is 48.9 Å². The number of aromatic nitrogens is 1. The van der Waals surface area contributed by atoms with Crippen molar-refractivity contribution in [1.29, 1.82) is 5.26 Å². The Kier molecular flexibility index (Phi) is 7.66. The molecule has 36 heavy (non-hydrogen) atoms. The predicted octanol–water partition coefficient (Wildman–Crippen LogP) is 3.72. The molecule has 0 spiro atoms. The zero-order valence-electron chi connectivity index (χ0n) is 19.9. The predicted molar refractivity (Wildman–Crippen MR) is 135 cm³/mol. The van der Waals surface area contributed by atoms with Crippen molar-refractivity contribution >= 4 is 35.2 Å². The summed E-state index contributed by atoms with van der Waals surface area (Å²) in [7, 11) is 1.54. The molecular weight excluding hydrogens is 476 g/mol. The number of rotatable bonds is 8. The van der Waals surface area contributed by atoms with Gasteiger partial charge in [-0.25, -0.2) is 9.88 Å². The number of hydrogen-bond acceptors (Lipinski definition) is 7. The van der Waals surface area contributed by atoms with Gasteiger partial charge in [0.2, 0.25) is 11.8 Å². The van der Waals surface area contributed by atoms with Crippen LogP contribution in [0.1, 0.15) is 23.2 Å². The molecule has 182 valence electrons. The van der Waals surface area contributed by atoms with Gasteiger partial charge in [-0.1, -0.05) is 42.1 Å². The molecule has 1 unspecified atom stereocenters. The van der Waals surface area contributed by atoms with E-state index in [0.717, 1.165) is 27.9 Å². The van der Waals surface area contributed by atoms with Crippen molar-refractivity contribution in [3.05, 3.63) is 83.6 Å². The van der Waals surface area contributed by atoms with Crippen molar-refractivity contribution in [2.24, 2.45) is 0 Å². The SMILES string of the molecule is COc1ccc(N2C(=O)CC(N(Cc3ccccc3)C(=O)CSc3nc(C)ccc3C#N)C2=O)cc1. The molecular formula is C27H24N4O4S. The number of aryl methyl sites for hydroxylation is 1. The van der Waals surface area contributed by atoms with E-state index in [1.54, 1.807) is 36.4 Å². The van der Waals surface area contributed by atoms with E-state index in [2.05, 4.69) is 11.1 Å². The van der Waals surface area contributed by atoms with Gasteiger partial charge in [0.25, 0.3) is 5.91 Å².